The van der Waals surface area contributed by atoms with Crippen LogP contribution in [0.25, 0.3) is 0 Å². The summed E-state index contributed by atoms with van der Waals surface area (Å²) in [4.78, 5) is 97.2. The third kappa shape index (κ3) is 13.7. The molecule has 0 bridgehead atoms. The molecule has 18 heteroatoms. The quantitative estimate of drug-likeness (QED) is 0.183. The number of aromatic nitrogens is 2. The van der Waals surface area contributed by atoms with Gasteiger partial charge >= 0.3 is 23.9 Å². The van der Waals surface area contributed by atoms with Crippen LogP contribution < -0.4 is 21.3 Å². The minimum absolute atomic E-state index is 0.0721. The molecule has 4 N–H and O–H groups in total. The molecule has 2 heterocycles. The Morgan fingerprint density at radius 1 is 0.708 bits per heavy atom. The molecule has 1 aromatic carbocycles. The van der Waals surface area contributed by atoms with Crippen molar-refractivity contribution >= 4 is 47.5 Å². The maximum absolute atomic E-state index is 13.0. The van der Waals surface area contributed by atoms with E-state index >= 15 is 0 Å². The van der Waals surface area contributed by atoms with Gasteiger partial charge in [-0.05, 0) is 23.1 Å². The van der Waals surface area contributed by atoms with E-state index in [1.807, 2.05) is 18.3 Å². The van der Waals surface area contributed by atoms with Crippen molar-refractivity contribution in [1.82, 2.24) is 31.0 Å². The highest BCUT2D eigenvalue weighted by atomic mass is 16.6. The first-order valence-corrected chi connectivity index (χ1v) is 14.8. The monoisotopic (exact) mass is 672 g/mol. The predicted molar refractivity (Wildman–Crippen MR) is 160 cm³/mol. The molecule has 1 atom stereocenters. The van der Waals surface area contributed by atoms with Crippen LogP contribution in [-0.2, 0) is 76.7 Å². The van der Waals surface area contributed by atoms with E-state index in [-0.39, 0.29) is 6.42 Å². The van der Waals surface area contributed by atoms with Gasteiger partial charge in [0.25, 0.3) is 23.6 Å². The summed E-state index contributed by atoms with van der Waals surface area (Å²) in [6, 6.07) is 5.83. The van der Waals surface area contributed by atoms with Crippen molar-refractivity contribution in [2.24, 2.45) is 0 Å². The van der Waals surface area contributed by atoms with Gasteiger partial charge in [0.05, 0.1) is 12.7 Å². The highest BCUT2D eigenvalue weighted by Gasteiger charge is 2.25. The fourth-order valence-electron chi connectivity index (χ4n) is 4.11. The minimum Gasteiger partial charge on any atom is -0.454 e. The molecule has 1 aliphatic rings. The Bertz CT molecular complexity index is 1510. The lowest BCUT2D eigenvalue weighted by molar-refractivity contribution is -0.154. The zero-order chi connectivity index (χ0) is 34.9. The van der Waals surface area contributed by atoms with Crippen LogP contribution in [0.2, 0.25) is 0 Å². The Kier molecular flexibility index (Phi) is 14.5. The van der Waals surface area contributed by atoms with Crippen LogP contribution in [0.4, 0.5) is 0 Å². The largest absolute Gasteiger partial charge is 0.454 e. The lowest BCUT2D eigenvalue weighted by atomic mass is 10.0. The van der Waals surface area contributed by atoms with Gasteiger partial charge in [-0.2, -0.15) is 5.10 Å². The van der Waals surface area contributed by atoms with Crippen LogP contribution in [0.15, 0.2) is 36.7 Å². The minimum atomic E-state index is -1.33. The van der Waals surface area contributed by atoms with Gasteiger partial charge in [0.2, 0.25) is 0 Å². The molecule has 4 amide bonds. The first-order chi connectivity index (χ1) is 23.0. The van der Waals surface area contributed by atoms with E-state index in [4.69, 9.17) is 14.2 Å². The third-order valence-electron chi connectivity index (χ3n) is 6.35. The Morgan fingerprint density at radius 2 is 1.23 bits per heavy atom. The number of rotatable bonds is 6. The standard InChI is InChI=1S/C30H36N6O12/c1-2-4-21-9-34-36(14-21)13-20-6-3-5-19(7-20)8-22-30(44)48-17-25(39)33-11-28(42)46-15-23(37)31-10-27(41)45-16-24(38)32-12-29(43)47-18-26(40)35-22/h3,5-7,9,14,22H,2,4,8,10-13,15-18H2,1H3,(H,31,37)(H,32,38)(H,33,39)(H,35,40). The van der Waals surface area contributed by atoms with Crippen molar-refractivity contribution in [2.45, 2.75) is 38.8 Å². The molecule has 1 aliphatic heterocycles. The van der Waals surface area contributed by atoms with E-state index in [0.717, 1.165) is 24.0 Å². The summed E-state index contributed by atoms with van der Waals surface area (Å²) in [5.41, 5.74) is 2.58. The number of ether oxygens (including phenoxy) is 4. The second-order valence-electron chi connectivity index (χ2n) is 10.4. The molecule has 3 rings (SSSR count). The van der Waals surface area contributed by atoms with Gasteiger partial charge in [-0.1, -0.05) is 37.6 Å². The van der Waals surface area contributed by atoms with Crippen molar-refractivity contribution in [2.75, 3.05) is 46.1 Å². The molecule has 0 aliphatic carbocycles. The summed E-state index contributed by atoms with van der Waals surface area (Å²) in [7, 11) is 0. The summed E-state index contributed by atoms with van der Waals surface area (Å²) >= 11 is 0. The van der Waals surface area contributed by atoms with Gasteiger partial charge in [0, 0.05) is 12.6 Å². The van der Waals surface area contributed by atoms with E-state index in [2.05, 4.69) is 38.0 Å². The lowest BCUT2D eigenvalue weighted by Gasteiger charge is -2.18. The molecule has 0 radical (unpaired) electrons. The second-order valence-corrected chi connectivity index (χ2v) is 10.4. The van der Waals surface area contributed by atoms with Gasteiger partial charge < -0.3 is 40.2 Å². The zero-order valence-electron chi connectivity index (χ0n) is 26.1. The Hall–Kier alpha value is -5.81. The third-order valence-corrected chi connectivity index (χ3v) is 6.35. The highest BCUT2D eigenvalue weighted by molar-refractivity contribution is 5.90. The molecule has 1 fully saturated rings. The van der Waals surface area contributed by atoms with E-state index in [1.165, 1.54) is 0 Å². The van der Waals surface area contributed by atoms with Crippen molar-refractivity contribution in [3.63, 3.8) is 0 Å². The Morgan fingerprint density at radius 3 is 1.79 bits per heavy atom. The maximum atomic E-state index is 13.0. The average Bonchev–Trinajstić information content (AvgIpc) is 3.50. The van der Waals surface area contributed by atoms with Gasteiger partial charge in [0.15, 0.2) is 26.4 Å². The summed E-state index contributed by atoms with van der Waals surface area (Å²) < 4.78 is 21.1. The van der Waals surface area contributed by atoms with Crippen LogP contribution >= 0.6 is 0 Å². The number of nitrogens with one attached hydrogen (secondary N) is 4. The number of amides is 4. The molecule has 0 spiro atoms. The predicted octanol–water partition coefficient (Wildman–Crippen LogP) is -2.55. The number of hydrogen-bond acceptors (Lipinski definition) is 13. The topological polar surface area (TPSA) is 239 Å². The molecule has 48 heavy (non-hydrogen) atoms. The van der Waals surface area contributed by atoms with Crippen LogP contribution in [0.3, 0.4) is 0 Å². The molecule has 1 unspecified atom stereocenters. The molecule has 2 aromatic rings. The lowest BCUT2D eigenvalue weighted by Crippen LogP contribution is -2.46. The second kappa shape index (κ2) is 19.0. The zero-order valence-corrected chi connectivity index (χ0v) is 26.1. The van der Waals surface area contributed by atoms with Crippen molar-refractivity contribution in [1.29, 1.82) is 0 Å². The van der Waals surface area contributed by atoms with Crippen LogP contribution in [0.5, 0.6) is 0 Å². The van der Waals surface area contributed by atoms with Crippen LogP contribution in [0.1, 0.15) is 30.0 Å². The fourth-order valence-corrected chi connectivity index (χ4v) is 4.11. The first-order valence-electron chi connectivity index (χ1n) is 14.8. The van der Waals surface area contributed by atoms with Crippen LogP contribution in [0, 0.1) is 0 Å². The smallest absolute Gasteiger partial charge is 0.329 e. The van der Waals surface area contributed by atoms with E-state index in [0.29, 0.717) is 12.1 Å². The van der Waals surface area contributed by atoms with E-state index in [1.54, 1.807) is 23.0 Å². The van der Waals surface area contributed by atoms with Gasteiger partial charge in [-0.25, -0.2) is 4.79 Å². The molecule has 1 aromatic heterocycles. The summed E-state index contributed by atoms with van der Waals surface area (Å²) in [5.74, 6) is -7.52. The highest BCUT2D eigenvalue weighted by Crippen LogP contribution is 2.12. The number of carbonyl (C=O) groups is 8. The Balaban J connectivity index is 1.68. The maximum Gasteiger partial charge on any atom is 0.329 e. The summed E-state index contributed by atoms with van der Waals surface area (Å²) in [5, 5.41) is 13.2. The van der Waals surface area contributed by atoms with E-state index < -0.39 is 99.6 Å². The Labute approximate surface area is 274 Å². The number of carbonyl (C=O) groups excluding carboxylic acids is 8. The molecule has 258 valence electrons. The number of aryl methyl sites for hydroxylation is 1. The summed E-state index contributed by atoms with van der Waals surface area (Å²) in [6.07, 6.45) is 5.54. The van der Waals surface area contributed by atoms with Gasteiger partial charge in [-0.15, -0.1) is 0 Å². The number of cyclic esters (lactones) is 4. The molecule has 0 saturated carbocycles. The number of hydrogen-bond donors (Lipinski definition) is 4. The summed E-state index contributed by atoms with van der Waals surface area (Å²) in [6.45, 7) is -2.70. The number of esters is 4. The fraction of sp³-hybridized carbons (Fsp3) is 0.433. The molecule has 18 nitrogen and oxygen atoms in total. The van der Waals surface area contributed by atoms with Crippen molar-refractivity contribution < 1.29 is 57.3 Å². The van der Waals surface area contributed by atoms with Crippen LogP contribution in [-0.4, -0.2) is 109 Å². The SMILES string of the molecule is CCCc1cnn(Cc2cccc(CC3NC(=O)COC(=O)CNC(=O)COC(=O)CNC(=O)COC(=O)CNC(=O)COC3=O)c2)c1. The average molecular weight is 673 g/mol. The normalized spacial score (nSPS) is 18.5. The number of benzene rings is 1. The van der Waals surface area contributed by atoms with Gasteiger partial charge in [0.1, 0.15) is 25.7 Å². The molecular formula is C30H36N6O12. The molecule has 1 saturated heterocycles. The van der Waals surface area contributed by atoms with Crippen molar-refractivity contribution in [3.05, 3.63) is 53.3 Å². The number of nitrogens with zero attached hydrogens (tertiary/aromatic N) is 2. The van der Waals surface area contributed by atoms with Gasteiger partial charge in [-0.3, -0.25) is 38.2 Å². The van der Waals surface area contributed by atoms with Crippen molar-refractivity contribution in [3.8, 4) is 0 Å². The first kappa shape index (κ1) is 36.7. The molecular weight excluding hydrogens is 636 g/mol. The van der Waals surface area contributed by atoms with E-state index in [9.17, 15) is 38.4 Å².